The monoisotopic (exact) mass is 441 g/mol. The molecule has 1 aromatic carbocycles. The van der Waals surface area contributed by atoms with Crippen molar-refractivity contribution in [3.63, 3.8) is 0 Å². The number of carbonyl (C=O) groups excluding carboxylic acids is 1. The Balaban J connectivity index is 1.83. The van der Waals surface area contributed by atoms with Gasteiger partial charge in [-0.1, -0.05) is 6.07 Å². The molecule has 1 N–H and O–H groups in total. The van der Waals surface area contributed by atoms with E-state index in [2.05, 4.69) is 9.71 Å². The first kappa shape index (κ1) is 20.5. The van der Waals surface area contributed by atoms with E-state index in [0.717, 1.165) is 4.31 Å². The smallest absolute Gasteiger partial charge is 0.341 e. The van der Waals surface area contributed by atoms with E-state index in [-0.39, 0.29) is 53.3 Å². The van der Waals surface area contributed by atoms with Gasteiger partial charge in [0, 0.05) is 24.9 Å². The lowest BCUT2D eigenvalue weighted by molar-refractivity contribution is 0.0521. The van der Waals surface area contributed by atoms with Gasteiger partial charge in [-0.2, -0.15) is 8.42 Å². The normalized spacial score (nSPS) is 20.4. The zero-order chi connectivity index (χ0) is 21.8. The summed E-state index contributed by atoms with van der Waals surface area (Å²) in [5.74, 6) is -5.50. The number of anilines is 2. The number of alkyl halides is 2. The minimum atomic E-state index is -3.92. The predicted octanol–water partition coefficient (Wildman–Crippen LogP) is 3.37. The zero-order valence-electron chi connectivity index (χ0n) is 16.1. The highest BCUT2D eigenvalue weighted by atomic mass is 32.2. The Labute approximate surface area is 171 Å². The molecule has 0 spiro atoms. The number of fused-ring (bicyclic) bond motifs is 1. The van der Waals surface area contributed by atoms with E-state index >= 15 is 4.39 Å². The van der Waals surface area contributed by atoms with Crippen molar-refractivity contribution in [2.45, 2.75) is 25.7 Å². The summed E-state index contributed by atoms with van der Waals surface area (Å²) in [6.45, 7) is 1.65. The Morgan fingerprint density at radius 3 is 2.73 bits per heavy atom. The van der Waals surface area contributed by atoms with Crippen LogP contribution < -0.4 is 9.03 Å². The van der Waals surface area contributed by atoms with Crippen LogP contribution in [0.25, 0.3) is 11.3 Å². The lowest BCUT2D eigenvalue weighted by Gasteiger charge is -2.13. The average Bonchev–Trinajstić information content (AvgIpc) is 3.19. The summed E-state index contributed by atoms with van der Waals surface area (Å²) in [6.07, 6.45) is -0.394. The van der Waals surface area contributed by atoms with E-state index in [4.69, 9.17) is 4.74 Å². The molecule has 1 atom stereocenters. The molecule has 4 rings (SSSR count). The largest absolute Gasteiger partial charge is 0.462 e. The number of ether oxygens (including phenoxy) is 1. The molecule has 1 aliphatic heterocycles. The average molecular weight is 441 g/mol. The fourth-order valence-corrected chi connectivity index (χ4v) is 4.36. The molecule has 1 aliphatic carbocycles. The van der Waals surface area contributed by atoms with Crippen LogP contribution in [0.15, 0.2) is 24.3 Å². The number of pyridine rings is 1. The Hall–Kier alpha value is -2.82. The highest BCUT2D eigenvalue weighted by molar-refractivity contribution is 7.94. The van der Waals surface area contributed by atoms with E-state index in [1.807, 2.05) is 0 Å². The summed E-state index contributed by atoms with van der Waals surface area (Å²) in [5.41, 5.74) is 0.0509. The number of nitrogens with zero attached hydrogens (tertiary/aromatic N) is 2. The van der Waals surface area contributed by atoms with Gasteiger partial charge in [-0.15, -0.1) is 0 Å². The number of hydrogen-bond acceptors (Lipinski definition) is 5. The number of halogens is 3. The van der Waals surface area contributed by atoms with Crippen molar-refractivity contribution in [1.29, 1.82) is 0 Å². The van der Waals surface area contributed by atoms with Crippen LogP contribution in [-0.4, -0.2) is 38.9 Å². The quantitative estimate of drug-likeness (QED) is 0.719. The van der Waals surface area contributed by atoms with Gasteiger partial charge in [0.2, 0.25) is 0 Å². The van der Waals surface area contributed by atoms with Crippen LogP contribution in [-0.2, 0) is 21.4 Å². The van der Waals surface area contributed by atoms with Crippen molar-refractivity contribution >= 4 is 27.7 Å². The first-order valence-corrected chi connectivity index (χ1v) is 10.6. The van der Waals surface area contributed by atoms with Gasteiger partial charge in [0.05, 0.1) is 23.6 Å². The SMILES string of the molecule is CCOC(=O)c1cccc(-c2cc(CC3CC3(F)F)c3c(n2)N(C)S(=O)(=O)N3)c1F. The number of hydrogen-bond donors (Lipinski definition) is 1. The molecule has 1 saturated carbocycles. The Kier molecular flexibility index (Phi) is 4.68. The molecule has 11 heteroatoms. The van der Waals surface area contributed by atoms with Gasteiger partial charge in [0.15, 0.2) is 5.82 Å². The highest BCUT2D eigenvalue weighted by Crippen LogP contribution is 2.52. The molecular weight excluding hydrogens is 423 g/mol. The summed E-state index contributed by atoms with van der Waals surface area (Å²) < 4.78 is 74.5. The number of carbonyl (C=O) groups is 1. The van der Waals surface area contributed by atoms with Crippen LogP contribution in [0.2, 0.25) is 0 Å². The molecule has 2 aromatic rings. The van der Waals surface area contributed by atoms with Crippen LogP contribution >= 0.6 is 0 Å². The predicted molar refractivity (Wildman–Crippen MR) is 103 cm³/mol. The lowest BCUT2D eigenvalue weighted by Crippen LogP contribution is -2.25. The zero-order valence-corrected chi connectivity index (χ0v) is 16.9. The van der Waals surface area contributed by atoms with Gasteiger partial charge in [-0.05, 0) is 37.1 Å². The fourth-order valence-electron chi connectivity index (χ4n) is 3.39. The minimum absolute atomic E-state index is 0.0209. The molecule has 1 unspecified atom stereocenters. The summed E-state index contributed by atoms with van der Waals surface area (Å²) in [5, 5.41) is 0. The van der Waals surface area contributed by atoms with E-state index in [0.29, 0.717) is 0 Å². The Morgan fingerprint density at radius 2 is 2.10 bits per heavy atom. The van der Waals surface area contributed by atoms with Crippen molar-refractivity contribution in [2.75, 3.05) is 22.7 Å². The van der Waals surface area contributed by atoms with Crippen molar-refractivity contribution in [3.05, 3.63) is 41.2 Å². The molecule has 2 aliphatic rings. The molecule has 7 nitrogen and oxygen atoms in total. The number of aromatic nitrogens is 1. The third-order valence-corrected chi connectivity index (χ3v) is 6.52. The summed E-state index contributed by atoms with van der Waals surface area (Å²) in [6, 6.07) is 5.45. The van der Waals surface area contributed by atoms with Crippen LogP contribution in [0.3, 0.4) is 0 Å². The van der Waals surface area contributed by atoms with Crippen molar-refractivity contribution in [3.8, 4) is 11.3 Å². The van der Waals surface area contributed by atoms with Crippen LogP contribution in [0.4, 0.5) is 24.7 Å². The maximum Gasteiger partial charge on any atom is 0.341 e. The Bertz CT molecular complexity index is 1150. The van der Waals surface area contributed by atoms with Gasteiger partial charge >= 0.3 is 16.2 Å². The van der Waals surface area contributed by atoms with Crippen LogP contribution in [0.1, 0.15) is 29.3 Å². The molecule has 160 valence electrons. The molecule has 0 saturated heterocycles. The first-order valence-electron chi connectivity index (χ1n) is 9.19. The first-order chi connectivity index (χ1) is 14.0. The van der Waals surface area contributed by atoms with Gasteiger partial charge in [0.1, 0.15) is 5.82 Å². The van der Waals surface area contributed by atoms with Gasteiger partial charge in [-0.3, -0.25) is 4.72 Å². The molecule has 0 radical (unpaired) electrons. The summed E-state index contributed by atoms with van der Waals surface area (Å²) >= 11 is 0. The van der Waals surface area contributed by atoms with E-state index in [1.54, 1.807) is 6.92 Å². The molecule has 1 fully saturated rings. The molecule has 2 heterocycles. The maximum atomic E-state index is 15.1. The minimum Gasteiger partial charge on any atom is -0.462 e. The standard InChI is InChI=1S/C19H18F3N3O4S/c1-3-29-18(26)13-6-4-5-12(15(13)20)14-8-10(7-11-9-19(11,21)22)16-17(23-14)25(2)30(27,28)24-16/h4-6,8,11,24H,3,7,9H2,1-2H3. The van der Waals surface area contributed by atoms with Crippen molar-refractivity contribution < 1.29 is 31.1 Å². The van der Waals surface area contributed by atoms with Crippen molar-refractivity contribution in [1.82, 2.24) is 4.98 Å². The second-order valence-electron chi connectivity index (χ2n) is 7.19. The molecule has 0 amide bonds. The topological polar surface area (TPSA) is 88.6 Å². The third kappa shape index (κ3) is 3.36. The fraction of sp³-hybridized carbons (Fsp3) is 0.368. The van der Waals surface area contributed by atoms with Gasteiger partial charge < -0.3 is 4.74 Å². The van der Waals surface area contributed by atoms with E-state index in [9.17, 15) is 22.0 Å². The van der Waals surface area contributed by atoms with E-state index < -0.39 is 33.8 Å². The number of esters is 1. The van der Waals surface area contributed by atoms with Gasteiger partial charge in [-0.25, -0.2) is 27.3 Å². The number of nitrogens with one attached hydrogen (secondary N) is 1. The second kappa shape index (κ2) is 6.86. The van der Waals surface area contributed by atoms with Crippen LogP contribution in [0, 0.1) is 11.7 Å². The molecular formula is C19H18F3N3O4S. The third-order valence-electron chi connectivity index (χ3n) is 5.16. The van der Waals surface area contributed by atoms with E-state index in [1.165, 1.54) is 31.3 Å². The molecule has 30 heavy (non-hydrogen) atoms. The molecule has 0 bridgehead atoms. The summed E-state index contributed by atoms with van der Waals surface area (Å²) in [4.78, 5) is 16.2. The number of benzene rings is 1. The summed E-state index contributed by atoms with van der Waals surface area (Å²) in [7, 11) is -2.67. The van der Waals surface area contributed by atoms with Crippen LogP contribution in [0.5, 0.6) is 0 Å². The number of rotatable bonds is 5. The Morgan fingerprint density at radius 1 is 1.40 bits per heavy atom. The second-order valence-corrected chi connectivity index (χ2v) is 8.90. The maximum absolute atomic E-state index is 15.1. The highest BCUT2D eigenvalue weighted by Gasteiger charge is 2.56. The lowest BCUT2D eigenvalue weighted by atomic mass is 10.0. The molecule has 1 aromatic heterocycles. The van der Waals surface area contributed by atoms with Crippen molar-refractivity contribution in [2.24, 2.45) is 5.92 Å². The van der Waals surface area contributed by atoms with Gasteiger partial charge in [0.25, 0.3) is 5.92 Å².